The van der Waals surface area contributed by atoms with Crippen LogP contribution >= 0.6 is 54.8 Å². The smallest absolute Gasteiger partial charge is 0.256 e. The van der Waals surface area contributed by atoms with Crippen LogP contribution in [0.1, 0.15) is 34.8 Å². The lowest BCUT2D eigenvalue weighted by atomic mass is 10.0. The number of rotatable bonds is 2. The van der Waals surface area contributed by atoms with Gasteiger partial charge < -0.3 is 4.90 Å². The Kier molecular flexibility index (Phi) is 4.74. The van der Waals surface area contributed by atoms with Crippen molar-refractivity contribution in [1.29, 1.82) is 0 Å². The van der Waals surface area contributed by atoms with Crippen LogP contribution in [0.25, 0.3) is 0 Å². The molecule has 1 fully saturated rings. The zero-order chi connectivity index (χ0) is 15.0. The molecule has 21 heavy (non-hydrogen) atoms. The predicted molar refractivity (Wildman–Crippen MR) is 94.2 cm³/mol. The molecule has 1 aromatic heterocycles. The number of benzene rings is 1. The molecule has 1 aliphatic heterocycles. The van der Waals surface area contributed by atoms with Gasteiger partial charge in [-0.15, -0.1) is 11.3 Å². The fourth-order valence-electron chi connectivity index (χ4n) is 2.71. The van der Waals surface area contributed by atoms with Crippen LogP contribution in [0.2, 0.25) is 5.02 Å². The lowest BCUT2D eigenvalue weighted by Gasteiger charge is -2.25. The van der Waals surface area contributed by atoms with Gasteiger partial charge in [0, 0.05) is 11.6 Å². The molecule has 2 nitrogen and oxygen atoms in total. The van der Waals surface area contributed by atoms with E-state index < -0.39 is 0 Å². The number of hydrogen-bond donors (Lipinski definition) is 0. The van der Waals surface area contributed by atoms with Gasteiger partial charge in [-0.05, 0) is 68.5 Å². The maximum Gasteiger partial charge on any atom is 0.256 e. The Morgan fingerprint density at radius 3 is 2.81 bits per heavy atom. The summed E-state index contributed by atoms with van der Waals surface area (Å²) in [7, 11) is 0. The van der Waals surface area contributed by atoms with E-state index in [1.54, 1.807) is 0 Å². The minimum atomic E-state index is 0.0753. The predicted octanol–water partition coefficient (Wildman–Crippen LogP) is 5.90. The molecule has 6 heteroatoms. The largest absolute Gasteiger partial charge is 0.332 e. The van der Waals surface area contributed by atoms with Crippen LogP contribution in [-0.2, 0) is 0 Å². The fourth-order valence-corrected chi connectivity index (χ4v) is 5.69. The highest BCUT2D eigenvalue weighted by Gasteiger charge is 2.32. The summed E-state index contributed by atoms with van der Waals surface area (Å²) in [5.74, 6) is 0.0753. The van der Waals surface area contributed by atoms with Gasteiger partial charge in [0.2, 0.25) is 0 Å². The van der Waals surface area contributed by atoms with Gasteiger partial charge in [0.15, 0.2) is 0 Å². The molecule has 110 valence electrons. The van der Waals surface area contributed by atoms with Crippen molar-refractivity contribution in [1.82, 2.24) is 4.90 Å². The maximum absolute atomic E-state index is 12.8. The van der Waals surface area contributed by atoms with Crippen LogP contribution in [0.15, 0.2) is 37.9 Å². The monoisotopic (exact) mass is 447 g/mol. The van der Waals surface area contributed by atoms with Gasteiger partial charge >= 0.3 is 0 Å². The molecular formula is C15H12Br2ClNOS. The molecule has 1 amide bonds. The molecule has 1 unspecified atom stereocenters. The molecule has 0 N–H and O–H groups in total. The molecule has 1 aliphatic rings. The van der Waals surface area contributed by atoms with Gasteiger partial charge in [-0.25, -0.2) is 0 Å². The van der Waals surface area contributed by atoms with E-state index in [2.05, 4.69) is 31.9 Å². The van der Waals surface area contributed by atoms with E-state index in [1.807, 2.05) is 35.2 Å². The van der Waals surface area contributed by atoms with E-state index >= 15 is 0 Å². The first-order chi connectivity index (χ1) is 10.1. The molecule has 3 rings (SSSR count). The average Bonchev–Trinajstić information content (AvgIpc) is 3.04. The van der Waals surface area contributed by atoms with Crippen molar-refractivity contribution >= 4 is 60.7 Å². The fraction of sp³-hybridized carbons (Fsp3) is 0.267. The molecule has 0 saturated carbocycles. The van der Waals surface area contributed by atoms with Gasteiger partial charge in [-0.2, -0.15) is 0 Å². The lowest BCUT2D eigenvalue weighted by Crippen LogP contribution is -2.30. The molecule has 1 saturated heterocycles. The quantitative estimate of drug-likeness (QED) is 0.559. The first kappa shape index (κ1) is 15.5. The van der Waals surface area contributed by atoms with Crippen LogP contribution in [0.5, 0.6) is 0 Å². The third-order valence-electron chi connectivity index (χ3n) is 3.63. The summed E-state index contributed by atoms with van der Waals surface area (Å²) in [4.78, 5) is 14.7. The van der Waals surface area contributed by atoms with Crippen molar-refractivity contribution in [3.8, 4) is 0 Å². The van der Waals surface area contributed by atoms with Crippen LogP contribution in [0.4, 0.5) is 0 Å². The van der Waals surface area contributed by atoms with Crippen molar-refractivity contribution in [2.24, 2.45) is 0 Å². The SMILES string of the molecule is O=C(c1cc(Br)sc1Br)N1CCCC1c1cccc(Cl)c1. The molecule has 0 aliphatic carbocycles. The number of halogens is 3. The summed E-state index contributed by atoms with van der Waals surface area (Å²) in [6, 6.07) is 9.79. The lowest BCUT2D eigenvalue weighted by molar-refractivity contribution is 0.0735. The third-order valence-corrected chi connectivity index (χ3v) is 6.21. The Balaban J connectivity index is 1.90. The van der Waals surface area contributed by atoms with E-state index in [1.165, 1.54) is 11.3 Å². The molecule has 0 bridgehead atoms. The number of hydrogen-bond acceptors (Lipinski definition) is 2. The summed E-state index contributed by atoms with van der Waals surface area (Å²) < 4.78 is 1.83. The first-order valence-electron chi connectivity index (χ1n) is 6.57. The normalized spacial score (nSPS) is 18.2. The highest BCUT2D eigenvalue weighted by molar-refractivity contribution is 9.12. The minimum absolute atomic E-state index is 0.0753. The highest BCUT2D eigenvalue weighted by Crippen LogP contribution is 2.38. The molecule has 1 atom stereocenters. The van der Waals surface area contributed by atoms with Crippen molar-refractivity contribution in [2.45, 2.75) is 18.9 Å². The Labute approximate surface area is 149 Å². The summed E-state index contributed by atoms with van der Waals surface area (Å²) in [5.41, 5.74) is 1.83. The van der Waals surface area contributed by atoms with E-state index in [9.17, 15) is 4.79 Å². The van der Waals surface area contributed by atoms with E-state index in [-0.39, 0.29) is 11.9 Å². The Morgan fingerprint density at radius 2 is 2.14 bits per heavy atom. The molecule has 2 aromatic rings. The second-order valence-electron chi connectivity index (χ2n) is 4.95. The Morgan fingerprint density at radius 1 is 1.33 bits per heavy atom. The van der Waals surface area contributed by atoms with Crippen molar-refractivity contribution in [3.63, 3.8) is 0 Å². The number of nitrogens with zero attached hydrogens (tertiary/aromatic N) is 1. The molecule has 0 radical (unpaired) electrons. The molecular weight excluding hydrogens is 437 g/mol. The topological polar surface area (TPSA) is 20.3 Å². The van der Waals surface area contributed by atoms with E-state index in [0.29, 0.717) is 5.02 Å². The zero-order valence-electron chi connectivity index (χ0n) is 11.0. The number of likely N-dealkylation sites (tertiary alicyclic amines) is 1. The Hall–Kier alpha value is -0.360. The van der Waals surface area contributed by atoms with Crippen LogP contribution in [-0.4, -0.2) is 17.4 Å². The first-order valence-corrected chi connectivity index (χ1v) is 9.35. The third kappa shape index (κ3) is 3.21. The molecule has 2 heterocycles. The summed E-state index contributed by atoms with van der Waals surface area (Å²) in [6.07, 6.45) is 2.00. The van der Waals surface area contributed by atoms with Crippen LogP contribution in [0, 0.1) is 0 Å². The van der Waals surface area contributed by atoms with Gasteiger partial charge in [-0.1, -0.05) is 23.7 Å². The van der Waals surface area contributed by atoms with Crippen molar-refractivity contribution in [2.75, 3.05) is 6.54 Å². The summed E-state index contributed by atoms with van der Waals surface area (Å²) in [6.45, 7) is 0.788. The Bertz CT molecular complexity index is 688. The molecule has 0 spiro atoms. The van der Waals surface area contributed by atoms with Crippen LogP contribution in [0.3, 0.4) is 0 Å². The van der Waals surface area contributed by atoms with E-state index in [0.717, 1.165) is 38.1 Å². The van der Waals surface area contributed by atoms with Gasteiger partial charge in [0.1, 0.15) is 0 Å². The van der Waals surface area contributed by atoms with Gasteiger partial charge in [-0.3, -0.25) is 4.79 Å². The number of amides is 1. The van der Waals surface area contributed by atoms with Crippen molar-refractivity contribution < 1.29 is 4.79 Å². The number of carbonyl (C=O) groups excluding carboxylic acids is 1. The zero-order valence-corrected chi connectivity index (χ0v) is 15.7. The van der Waals surface area contributed by atoms with Crippen LogP contribution < -0.4 is 0 Å². The van der Waals surface area contributed by atoms with E-state index in [4.69, 9.17) is 11.6 Å². The maximum atomic E-state index is 12.8. The second kappa shape index (κ2) is 6.41. The molecule has 1 aromatic carbocycles. The summed E-state index contributed by atoms with van der Waals surface area (Å²) >= 11 is 14.5. The van der Waals surface area contributed by atoms with Gasteiger partial charge in [0.05, 0.1) is 19.2 Å². The highest BCUT2D eigenvalue weighted by atomic mass is 79.9. The summed E-state index contributed by atoms with van der Waals surface area (Å²) in [5, 5.41) is 0.714. The number of carbonyl (C=O) groups is 1. The van der Waals surface area contributed by atoms with Gasteiger partial charge in [0.25, 0.3) is 5.91 Å². The average molecular weight is 450 g/mol. The number of thiophene rings is 1. The minimum Gasteiger partial charge on any atom is -0.332 e. The van der Waals surface area contributed by atoms with Crippen molar-refractivity contribution in [3.05, 3.63) is 54.1 Å². The second-order valence-corrected chi connectivity index (χ2v) is 9.14. The standard InChI is InChI=1S/C15H12Br2ClNOS/c16-13-8-11(14(17)21-13)15(20)19-6-2-5-12(19)9-3-1-4-10(18)7-9/h1,3-4,7-8,12H,2,5-6H2.